The number of aromatic nitrogens is 1. The van der Waals surface area contributed by atoms with Gasteiger partial charge in [0.15, 0.2) is 5.13 Å². The van der Waals surface area contributed by atoms with Crippen LogP contribution in [-0.4, -0.2) is 30.0 Å². The summed E-state index contributed by atoms with van der Waals surface area (Å²) in [6.07, 6.45) is 1.09. The van der Waals surface area contributed by atoms with Crippen LogP contribution in [0.25, 0.3) is 0 Å². The molecule has 3 rings (SSSR count). The summed E-state index contributed by atoms with van der Waals surface area (Å²) in [5, 5.41) is 8.17. The quantitative estimate of drug-likeness (QED) is 0.895. The lowest BCUT2D eigenvalue weighted by atomic mass is 10.1. The molecule has 0 spiro atoms. The lowest BCUT2D eigenvalue weighted by molar-refractivity contribution is -0.115. The maximum Gasteiger partial charge on any atom is 0.323 e. The van der Waals surface area contributed by atoms with Crippen LogP contribution in [0.2, 0.25) is 0 Å². The Morgan fingerprint density at radius 3 is 2.79 bits per heavy atom. The van der Waals surface area contributed by atoms with Crippen molar-refractivity contribution in [3.05, 3.63) is 40.4 Å². The van der Waals surface area contributed by atoms with Crippen LogP contribution in [0, 0.1) is 13.8 Å². The molecule has 0 atom stereocenters. The third-order valence-corrected chi connectivity index (χ3v) is 4.61. The van der Waals surface area contributed by atoms with Crippen LogP contribution in [0.15, 0.2) is 23.6 Å². The Morgan fingerprint density at radius 2 is 2.08 bits per heavy atom. The molecule has 1 aromatic carbocycles. The number of nitrogens with one attached hydrogen (secondary N) is 2. The molecule has 0 bridgehead atoms. The molecule has 1 saturated heterocycles. The predicted octanol–water partition coefficient (Wildman–Crippen LogP) is 2.86. The largest absolute Gasteiger partial charge is 0.338 e. The second-order valence-corrected chi connectivity index (χ2v) is 6.80. The molecular weight excluding hydrogens is 324 g/mol. The van der Waals surface area contributed by atoms with Crippen molar-refractivity contribution in [1.29, 1.82) is 0 Å². The van der Waals surface area contributed by atoms with Crippen LogP contribution < -0.4 is 15.5 Å². The van der Waals surface area contributed by atoms with Gasteiger partial charge in [0.2, 0.25) is 5.91 Å². The van der Waals surface area contributed by atoms with Gasteiger partial charge in [-0.25, -0.2) is 9.78 Å². The van der Waals surface area contributed by atoms with Crippen molar-refractivity contribution in [1.82, 2.24) is 10.3 Å². The maximum absolute atomic E-state index is 12.2. The fourth-order valence-electron chi connectivity index (χ4n) is 2.73. The van der Waals surface area contributed by atoms with Gasteiger partial charge < -0.3 is 10.6 Å². The lowest BCUT2D eigenvalue weighted by Crippen LogP contribution is -2.46. The van der Waals surface area contributed by atoms with Crippen molar-refractivity contribution in [3.63, 3.8) is 0 Å². The van der Waals surface area contributed by atoms with Gasteiger partial charge in [-0.2, -0.15) is 0 Å². The molecule has 6 nitrogen and oxygen atoms in total. The summed E-state index contributed by atoms with van der Waals surface area (Å²) in [5.41, 5.74) is 3.69. The summed E-state index contributed by atoms with van der Waals surface area (Å²) in [5.74, 6) is -0.111. The molecule has 1 aliphatic rings. The van der Waals surface area contributed by atoms with Crippen molar-refractivity contribution in [2.45, 2.75) is 26.7 Å². The molecule has 7 heteroatoms. The maximum atomic E-state index is 12.2. The fourth-order valence-corrected chi connectivity index (χ4v) is 3.58. The predicted molar refractivity (Wildman–Crippen MR) is 95.7 cm³/mol. The molecule has 24 heavy (non-hydrogen) atoms. The molecule has 1 fully saturated rings. The Labute approximate surface area is 144 Å². The van der Waals surface area contributed by atoms with Crippen LogP contribution in [0.3, 0.4) is 0 Å². The topological polar surface area (TPSA) is 74.3 Å². The van der Waals surface area contributed by atoms with E-state index in [2.05, 4.69) is 21.7 Å². The Bertz CT molecular complexity index is 751. The monoisotopic (exact) mass is 344 g/mol. The van der Waals surface area contributed by atoms with E-state index in [9.17, 15) is 9.59 Å². The average molecular weight is 344 g/mol. The van der Waals surface area contributed by atoms with Crippen LogP contribution in [-0.2, 0) is 11.2 Å². The highest BCUT2D eigenvalue weighted by Gasteiger charge is 2.22. The van der Waals surface area contributed by atoms with Gasteiger partial charge in [0.25, 0.3) is 0 Å². The minimum atomic E-state index is -0.123. The first kappa shape index (κ1) is 16.4. The van der Waals surface area contributed by atoms with E-state index in [1.807, 2.05) is 31.4 Å². The molecular formula is C17H20N4O2S. The SMILES string of the molecule is Cc1cc(C)cc(NC(=O)Cc2csc(N3CCCNC3=O)n2)c1. The van der Waals surface area contributed by atoms with Gasteiger partial charge in [0, 0.05) is 24.2 Å². The molecule has 0 radical (unpaired) electrons. The number of nitrogens with zero attached hydrogens (tertiary/aromatic N) is 2. The van der Waals surface area contributed by atoms with E-state index in [0.717, 1.165) is 23.2 Å². The second kappa shape index (κ2) is 7.00. The van der Waals surface area contributed by atoms with Gasteiger partial charge in [-0.3, -0.25) is 9.69 Å². The zero-order valence-electron chi connectivity index (χ0n) is 13.8. The van der Waals surface area contributed by atoms with E-state index in [1.54, 1.807) is 4.90 Å². The van der Waals surface area contributed by atoms with Gasteiger partial charge in [-0.15, -0.1) is 11.3 Å². The van der Waals surface area contributed by atoms with Gasteiger partial charge in [0.05, 0.1) is 12.1 Å². The minimum absolute atomic E-state index is 0.111. The third kappa shape index (κ3) is 3.91. The van der Waals surface area contributed by atoms with Gasteiger partial charge in [-0.05, 0) is 43.5 Å². The lowest BCUT2D eigenvalue weighted by Gasteiger charge is -2.24. The normalized spacial score (nSPS) is 14.4. The Hall–Kier alpha value is -2.41. The van der Waals surface area contributed by atoms with E-state index in [4.69, 9.17) is 0 Å². The number of rotatable bonds is 4. The highest BCUT2D eigenvalue weighted by atomic mass is 32.1. The number of benzene rings is 1. The standard InChI is InChI=1S/C17H20N4O2S/c1-11-6-12(2)8-13(7-11)19-15(22)9-14-10-24-17(20-14)21-5-3-4-18-16(21)23/h6-8,10H,3-5,9H2,1-2H3,(H,18,23)(H,19,22). The number of amides is 3. The average Bonchev–Trinajstić information content (AvgIpc) is 2.94. The second-order valence-electron chi connectivity index (χ2n) is 5.96. The van der Waals surface area contributed by atoms with Gasteiger partial charge in [-0.1, -0.05) is 6.07 Å². The fraction of sp³-hybridized carbons (Fsp3) is 0.353. The molecule has 2 heterocycles. The smallest absolute Gasteiger partial charge is 0.323 e. The summed E-state index contributed by atoms with van der Waals surface area (Å²) < 4.78 is 0. The van der Waals surface area contributed by atoms with Gasteiger partial charge in [0.1, 0.15) is 0 Å². The summed E-state index contributed by atoms with van der Waals surface area (Å²) >= 11 is 1.39. The van der Waals surface area contributed by atoms with Crippen LogP contribution >= 0.6 is 11.3 Å². The van der Waals surface area contributed by atoms with Crippen LogP contribution in [0.5, 0.6) is 0 Å². The Morgan fingerprint density at radius 1 is 1.33 bits per heavy atom. The molecule has 3 amide bonds. The highest BCUT2D eigenvalue weighted by molar-refractivity contribution is 7.14. The summed E-state index contributed by atoms with van der Waals surface area (Å²) in [6.45, 7) is 5.36. The van der Waals surface area contributed by atoms with Crippen molar-refractivity contribution in [3.8, 4) is 0 Å². The number of carbonyl (C=O) groups excluding carboxylic acids is 2. The number of urea groups is 1. The molecule has 0 saturated carbocycles. The Kier molecular flexibility index (Phi) is 4.80. The molecule has 2 aromatic rings. The minimum Gasteiger partial charge on any atom is -0.338 e. The van der Waals surface area contributed by atoms with Crippen LogP contribution in [0.4, 0.5) is 15.6 Å². The zero-order chi connectivity index (χ0) is 17.1. The molecule has 1 aromatic heterocycles. The van der Waals surface area contributed by atoms with E-state index < -0.39 is 0 Å². The number of anilines is 2. The number of thiazole rings is 1. The first-order valence-electron chi connectivity index (χ1n) is 7.89. The van der Waals surface area contributed by atoms with Crippen molar-refractivity contribution < 1.29 is 9.59 Å². The summed E-state index contributed by atoms with van der Waals surface area (Å²) in [7, 11) is 0. The number of hydrogen-bond acceptors (Lipinski definition) is 4. The third-order valence-electron chi connectivity index (χ3n) is 3.70. The van der Waals surface area contributed by atoms with Crippen molar-refractivity contribution in [2.75, 3.05) is 23.3 Å². The van der Waals surface area contributed by atoms with E-state index in [1.165, 1.54) is 11.3 Å². The van der Waals surface area contributed by atoms with E-state index in [-0.39, 0.29) is 18.4 Å². The molecule has 0 unspecified atom stereocenters. The number of carbonyl (C=O) groups is 2. The van der Waals surface area contributed by atoms with E-state index in [0.29, 0.717) is 23.9 Å². The number of hydrogen-bond donors (Lipinski definition) is 2. The molecule has 0 aliphatic carbocycles. The first-order valence-corrected chi connectivity index (χ1v) is 8.77. The number of aryl methyl sites for hydroxylation is 2. The van der Waals surface area contributed by atoms with E-state index >= 15 is 0 Å². The highest BCUT2D eigenvalue weighted by Crippen LogP contribution is 2.23. The van der Waals surface area contributed by atoms with Gasteiger partial charge >= 0.3 is 6.03 Å². The van der Waals surface area contributed by atoms with Crippen molar-refractivity contribution >= 4 is 34.1 Å². The summed E-state index contributed by atoms with van der Waals surface area (Å²) in [4.78, 5) is 30.1. The first-order chi connectivity index (χ1) is 11.5. The Balaban J connectivity index is 1.63. The molecule has 2 N–H and O–H groups in total. The molecule has 126 valence electrons. The zero-order valence-corrected chi connectivity index (χ0v) is 14.6. The molecule has 1 aliphatic heterocycles. The van der Waals surface area contributed by atoms with Crippen molar-refractivity contribution in [2.24, 2.45) is 0 Å². The summed E-state index contributed by atoms with van der Waals surface area (Å²) in [6, 6.07) is 5.82. The van der Waals surface area contributed by atoms with Crippen LogP contribution in [0.1, 0.15) is 23.2 Å².